The number of aryl methyl sites for hydroxylation is 2. The van der Waals surface area contributed by atoms with E-state index in [1.165, 1.54) is 4.90 Å². The molecule has 0 N–H and O–H groups in total. The van der Waals surface area contributed by atoms with Gasteiger partial charge in [-0.15, -0.1) is 0 Å². The van der Waals surface area contributed by atoms with E-state index >= 15 is 0 Å². The molecule has 20 heavy (non-hydrogen) atoms. The van der Waals surface area contributed by atoms with Crippen molar-refractivity contribution >= 4 is 17.5 Å². The van der Waals surface area contributed by atoms with E-state index in [0.29, 0.717) is 5.69 Å². The molecule has 4 heteroatoms. The fraction of sp³-hybridized carbons (Fsp3) is 0.375. The van der Waals surface area contributed by atoms with Gasteiger partial charge in [0.15, 0.2) is 0 Å². The van der Waals surface area contributed by atoms with Gasteiger partial charge in [0.25, 0.3) is 0 Å². The van der Waals surface area contributed by atoms with Crippen molar-refractivity contribution in [1.29, 1.82) is 0 Å². The van der Waals surface area contributed by atoms with Gasteiger partial charge in [-0.1, -0.05) is 29.8 Å². The summed E-state index contributed by atoms with van der Waals surface area (Å²) in [6, 6.07) is 5.78. The van der Waals surface area contributed by atoms with Crippen LogP contribution >= 0.6 is 0 Å². The molecule has 0 aromatic heterocycles. The monoisotopic (exact) mass is 269 g/mol. The van der Waals surface area contributed by atoms with Gasteiger partial charge in [-0.3, -0.25) is 9.59 Å². The van der Waals surface area contributed by atoms with Crippen LogP contribution in [0.1, 0.15) is 11.1 Å². The summed E-state index contributed by atoms with van der Waals surface area (Å²) < 4.78 is 5.63. The van der Waals surface area contributed by atoms with Gasteiger partial charge in [0.1, 0.15) is 0 Å². The first kappa shape index (κ1) is 11.9. The van der Waals surface area contributed by atoms with Crippen LogP contribution in [0.15, 0.2) is 30.4 Å². The van der Waals surface area contributed by atoms with Crippen LogP contribution in [-0.2, 0) is 14.3 Å². The summed E-state index contributed by atoms with van der Waals surface area (Å²) in [5.74, 6) is -0.913. The third-order valence-corrected chi connectivity index (χ3v) is 4.50. The maximum absolute atomic E-state index is 12.6. The van der Waals surface area contributed by atoms with Crippen molar-refractivity contribution in [3.8, 4) is 0 Å². The lowest BCUT2D eigenvalue weighted by atomic mass is 9.85. The third kappa shape index (κ3) is 1.34. The molecule has 2 fully saturated rings. The standard InChI is InChI=1S/C16H15NO3/c1-8-3-4-10(9(2)7-8)17-15(18)13-11-5-6-12(20-11)14(13)16(17)19/h3-7,11-14H,1-2H3/t11-,12-,13-,14+/m1/s1. The Morgan fingerprint density at radius 1 is 1.00 bits per heavy atom. The molecule has 1 aromatic rings. The second-order valence-corrected chi connectivity index (χ2v) is 5.80. The van der Waals surface area contributed by atoms with Crippen LogP contribution in [0.4, 0.5) is 5.69 Å². The predicted octanol–water partition coefficient (Wildman–Crippen LogP) is 1.75. The Labute approximate surface area is 117 Å². The zero-order valence-corrected chi connectivity index (χ0v) is 11.4. The van der Waals surface area contributed by atoms with Crippen LogP contribution in [-0.4, -0.2) is 24.0 Å². The summed E-state index contributed by atoms with van der Waals surface area (Å²) >= 11 is 0. The van der Waals surface area contributed by atoms with Gasteiger partial charge < -0.3 is 4.74 Å². The number of anilines is 1. The lowest BCUT2D eigenvalue weighted by molar-refractivity contribution is -0.124. The van der Waals surface area contributed by atoms with Gasteiger partial charge in [-0.2, -0.15) is 0 Å². The van der Waals surface area contributed by atoms with E-state index in [1.54, 1.807) is 0 Å². The number of benzene rings is 1. The average molecular weight is 269 g/mol. The second kappa shape index (κ2) is 3.79. The molecule has 102 valence electrons. The Bertz CT molecular complexity index is 634. The van der Waals surface area contributed by atoms with Gasteiger partial charge in [-0.25, -0.2) is 4.90 Å². The SMILES string of the molecule is Cc1ccc(N2C(=O)[C@@H]3[C@H](C2=O)[C@H]2C=C[C@H]3O2)c(C)c1. The van der Waals surface area contributed by atoms with Crippen LogP contribution in [0, 0.1) is 25.7 Å². The van der Waals surface area contributed by atoms with Gasteiger partial charge in [-0.05, 0) is 25.5 Å². The zero-order chi connectivity index (χ0) is 14.0. The number of carbonyl (C=O) groups excluding carboxylic acids is 2. The molecule has 2 amide bonds. The largest absolute Gasteiger partial charge is 0.365 e. The Morgan fingerprint density at radius 2 is 1.60 bits per heavy atom. The average Bonchev–Trinajstić information content (AvgIpc) is 3.06. The summed E-state index contributed by atoms with van der Waals surface area (Å²) in [6.07, 6.45) is 3.36. The molecule has 1 aromatic carbocycles. The fourth-order valence-corrected chi connectivity index (χ4v) is 3.60. The number of hydrogen-bond donors (Lipinski definition) is 0. The zero-order valence-electron chi connectivity index (χ0n) is 11.4. The van der Waals surface area contributed by atoms with E-state index in [9.17, 15) is 9.59 Å². The lowest BCUT2D eigenvalue weighted by Crippen LogP contribution is -2.34. The topological polar surface area (TPSA) is 46.6 Å². The summed E-state index contributed by atoms with van der Waals surface area (Å²) in [5, 5.41) is 0. The predicted molar refractivity (Wildman–Crippen MR) is 73.2 cm³/mol. The van der Waals surface area contributed by atoms with Crippen molar-refractivity contribution < 1.29 is 14.3 Å². The molecule has 2 bridgehead atoms. The second-order valence-electron chi connectivity index (χ2n) is 5.80. The number of nitrogens with zero attached hydrogens (tertiary/aromatic N) is 1. The quantitative estimate of drug-likeness (QED) is 0.576. The molecular formula is C16H15NO3. The van der Waals surface area contributed by atoms with Gasteiger partial charge >= 0.3 is 0 Å². The number of rotatable bonds is 1. The Balaban J connectivity index is 1.78. The van der Waals surface area contributed by atoms with Crippen LogP contribution in [0.3, 0.4) is 0 Å². The lowest BCUT2D eigenvalue weighted by Gasteiger charge is -2.19. The molecule has 3 heterocycles. The smallest absolute Gasteiger partial charge is 0.240 e. The van der Waals surface area contributed by atoms with E-state index in [-0.39, 0.29) is 35.9 Å². The Hall–Kier alpha value is -1.94. The minimum Gasteiger partial charge on any atom is -0.365 e. The molecule has 0 aliphatic carbocycles. The summed E-state index contributed by atoms with van der Waals surface area (Å²) in [6.45, 7) is 3.93. The van der Waals surface area contributed by atoms with Crippen LogP contribution < -0.4 is 4.90 Å². The van der Waals surface area contributed by atoms with Crippen LogP contribution in [0.25, 0.3) is 0 Å². The number of imide groups is 1. The first-order valence-corrected chi connectivity index (χ1v) is 6.87. The highest BCUT2D eigenvalue weighted by Gasteiger charge is 2.61. The van der Waals surface area contributed by atoms with Crippen molar-refractivity contribution in [3.63, 3.8) is 0 Å². The number of ether oxygens (including phenoxy) is 1. The molecule has 4 rings (SSSR count). The summed E-state index contributed by atoms with van der Waals surface area (Å²) in [7, 11) is 0. The summed E-state index contributed by atoms with van der Waals surface area (Å²) in [4.78, 5) is 26.6. The third-order valence-electron chi connectivity index (χ3n) is 4.50. The van der Waals surface area contributed by atoms with E-state index in [4.69, 9.17) is 4.74 Å². The number of fused-ring (bicyclic) bond motifs is 5. The first-order chi connectivity index (χ1) is 9.58. The maximum Gasteiger partial charge on any atom is 0.240 e. The van der Waals surface area contributed by atoms with Crippen LogP contribution in [0.5, 0.6) is 0 Å². The highest BCUT2D eigenvalue weighted by Crippen LogP contribution is 2.46. The van der Waals surface area contributed by atoms with Gasteiger partial charge in [0.05, 0.1) is 29.7 Å². The number of carbonyl (C=O) groups is 2. The molecule has 0 radical (unpaired) electrons. The summed E-state index contributed by atoms with van der Waals surface area (Å²) in [5.41, 5.74) is 2.78. The van der Waals surface area contributed by atoms with E-state index < -0.39 is 0 Å². The Morgan fingerprint density at radius 3 is 2.15 bits per heavy atom. The molecule has 2 saturated heterocycles. The van der Waals surface area contributed by atoms with Crippen molar-refractivity contribution in [2.75, 3.05) is 4.90 Å². The molecule has 0 spiro atoms. The van der Waals surface area contributed by atoms with E-state index in [0.717, 1.165) is 11.1 Å². The van der Waals surface area contributed by atoms with E-state index in [2.05, 4.69) is 0 Å². The van der Waals surface area contributed by atoms with Crippen LogP contribution in [0.2, 0.25) is 0 Å². The molecule has 3 aliphatic rings. The van der Waals surface area contributed by atoms with E-state index in [1.807, 2.05) is 44.2 Å². The van der Waals surface area contributed by atoms with Gasteiger partial charge in [0.2, 0.25) is 11.8 Å². The van der Waals surface area contributed by atoms with Crippen molar-refractivity contribution in [1.82, 2.24) is 0 Å². The number of hydrogen-bond acceptors (Lipinski definition) is 3. The highest BCUT2D eigenvalue weighted by molar-refractivity contribution is 6.23. The molecular weight excluding hydrogens is 254 g/mol. The molecule has 4 nitrogen and oxygen atoms in total. The van der Waals surface area contributed by atoms with Gasteiger partial charge in [0, 0.05) is 0 Å². The molecule has 4 atom stereocenters. The van der Waals surface area contributed by atoms with Crippen molar-refractivity contribution in [3.05, 3.63) is 41.5 Å². The van der Waals surface area contributed by atoms with Crippen molar-refractivity contribution in [2.45, 2.75) is 26.1 Å². The fourth-order valence-electron chi connectivity index (χ4n) is 3.60. The molecule has 3 aliphatic heterocycles. The Kier molecular flexibility index (Phi) is 2.25. The molecule has 0 saturated carbocycles. The van der Waals surface area contributed by atoms with Crippen molar-refractivity contribution in [2.24, 2.45) is 11.8 Å². The first-order valence-electron chi connectivity index (χ1n) is 6.87. The minimum absolute atomic E-state index is 0.121. The molecule has 0 unspecified atom stereocenters. The maximum atomic E-state index is 12.6. The normalized spacial score (nSPS) is 34.2. The highest BCUT2D eigenvalue weighted by atomic mass is 16.5. The number of amides is 2. The minimum atomic E-state index is -0.335.